The number of carbonyl (C=O) groups excluding carboxylic acids is 1. The summed E-state index contributed by atoms with van der Waals surface area (Å²) >= 11 is 0. The van der Waals surface area contributed by atoms with Gasteiger partial charge < -0.3 is 14.2 Å². The lowest BCUT2D eigenvalue weighted by molar-refractivity contribution is -0.384. The van der Waals surface area contributed by atoms with Gasteiger partial charge in [-0.3, -0.25) is 14.9 Å². The van der Waals surface area contributed by atoms with E-state index in [1.807, 2.05) is 19.1 Å². The van der Waals surface area contributed by atoms with Crippen molar-refractivity contribution in [2.75, 3.05) is 5.32 Å². The van der Waals surface area contributed by atoms with Crippen LogP contribution in [0, 0.1) is 10.1 Å². The number of benzene rings is 3. The Bertz CT molecular complexity index is 1650. The van der Waals surface area contributed by atoms with Gasteiger partial charge in [0, 0.05) is 40.1 Å². The molecular formula is C26H18N2O6. The maximum absolute atomic E-state index is 13.1. The first-order valence-electron chi connectivity index (χ1n) is 10.6. The minimum absolute atomic E-state index is 0.121. The number of fused-ring (bicyclic) bond motifs is 2. The number of rotatable bonds is 5. The van der Waals surface area contributed by atoms with Gasteiger partial charge >= 0.3 is 5.63 Å². The molecule has 1 N–H and O–H groups in total. The third-order valence-electron chi connectivity index (χ3n) is 5.61. The summed E-state index contributed by atoms with van der Waals surface area (Å²) < 4.78 is 11.5. The lowest BCUT2D eigenvalue weighted by Gasteiger charge is -2.09. The second-order valence-corrected chi connectivity index (χ2v) is 7.73. The molecule has 8 heteroatoms. The summed E-state index contributed by atoms with van der Waals surface area (Å²) in [5, 5.41) is 15.3. The molecule has 168 valence electrons. The third-order valence-corrected chi connectivity index (χ3v) is 5.61. The summed E-state index contributed by atoms with van der Waals surface area (Å²) in [4.78, 5) is 36.0. The molecular weight excluding hydrogens is 436 g/mol. The van der Waals surface area contributed by atoms with Gasteiger partial charge in [-0.25, -0.2) is 4.79 Å². The molecule has 5 aromatic rings. The molecule has 0 saturated carbocycles. The number of nitro benzene ring substituents is 1. The number of para-hydroxylation sites is 1. The van der Waals surface area contributed by atoms with E-state index in [-0.39, 0.29) is 11.3 Å². The zero-order chi connectivity index (χ0) is 23.8. The maximum atomic E-state index is 13.1. The Morgan fingerprint density at radius 2 is 1.74 bits per heavy atom. The van der Waals surface area contributed by atoms with Gasteiger partial charge in [0.1, 0.15) is 11.2 Å². The molecule has 0 radical (unpaired) electrons. The Kier molecular flexibility index (Phi) is 5.18. The van der Waals surface area contributed by atoms with E-state index in [0.717, 1.165) is 12.0 Å². The van der Waals surface area contributed by atoms with Gasteiger partial charge in [0.2, 0.25) is 0 Å². The number of nitro groups is 1. The van der Waals surface area contributed by atoms with E-state index in [9.17, 15) is 19.7 Å². The number of nitrogens with zero attached hydrogens (tertiary/aromatic N) is 1. The largest absolute Gasteiger partial charge is 0.454 e. The van der Waals surface area contributed by atoms with E-state index in [2.05, 4.69) is 5.32 Å². The molecule has 0 saturated heterocycles. The van der Waals surface area contributed by atoms with E-state index < -0.39 is 16.5 Å². The highest BCUT2D eigenvalue weighted by atomic mass is 16.6. The first kappa shape index (κ1) is 21.1. The Hall–Kier alpha value is -4.72. The highest BCUT2D eigenvalue weighted by Gasteiger charge is 2.22. The number of non-ortho nitro benzene ring substituents is 1. The maximum Gasteiger partial charge on any atom is 0.336 e. The van der Waals surface area contributed by atoms with Gasteiger partial charge in [-0.15, -0.1) is 0 Å². The molecule has 8 nitrogen and oxygen atoms in total. The van der Waals surface area contributed by atoms with E-state index in [4.69, 9.17) is 8.83 Å². The zero-order valence-electron chi connectivity index (χ0n) is 18.0. The summed E-state index contributed by atoms with van der Waals surface area (Å²) in [6.45, 7) is 2.02. The van der Waals surface area contributed by atoms with Crippen LogP contribution < -0.4 is 10.9 Å². The molecule has 0 aliphatic rings. The van der Waals surface area contributed by atoms with E-state index in [0.29, 0.717) is 38.9 Å². The van der Waals surface area contributed by atoms with E-state index in [1.165, 1.54) is 30.3 Å². The topological polar surface area (TPSA) is 116 Å². The molecule has 2 aromatic heterocycles. The minimum Gasteiger partial charge on any atom is -0.454 e. The van der Waals surface area contributed by atoms with Crippen LogP contribution in [0.4, 0.5) is 11.4 Å². The first-order valence-corrected chi connectivity index (χ1v) is 10.6. The van der Waals surface area contributed by atoms with Crippen LogP contribution in [0.5, 0.6) is 0 Å². The van der Waals surface area contributed by atoms with Crippen LogP contribution in [0.2, 0.25) is 0 Å². The van der Waals surface area contributed by atoms with Crippen molar-refractivity contribution in [3.63, 3.8) is 0 Å². The van der Waals surface area contributed by atoms with Crippen LogP contribution >= 0.6 is 0 Å². The third kappa shape index (κ3) is 3.71. The summed E-state index contributed by atoms with van der Waals surface area (Å²) in [5.74, 6) is -0.246. The van der Waals surface area contributed by atoms with Crippen molar-refractivity contribution in [2.24, 2.45) is 0 Å². The molecule has 34 heavy (non-hydrogen) atoms. The summed E-state index contributed by atoms with van der Waals surface area (Å²) in [6, 6.07) is 19.5. The number of aryl methyl sites for hydroxylation is 1. The molecule has 2 heterocycles. The first-order chi connectivity index (χ1) is 16.4. The van der Waals surface area contributed by atoms with Crippen molar-refractivity contribution < 1.29 is 18.6 Å². The number of nitrogens with one attached hydrogen (secondary N) is 1. The summed E-state index contributed by atoms with van der Waals surface area (Å²) in [6.07, 6.45) is 0.783. The molecule has 1 amide bonds. The number of furan rings is 1. The van der Waals surface area contributed by atoms with Crippen molar-refractivity contribution in [1.82, 2.24) is 0 Å². The lowest BCUT2D eigenvalue weighted by atomic mass is 10.0. The van der Waals surface area contributed by atoms with Crippen LogP contribution in [0.25, 0.3) is 33.3 Å². The minimum atomic E-state index is -0.559. The molecule has 0 unspecified atom stereocenters. The van der Waals surface area contributed by atoms with Gasteiger partial charge in [-0.05, 0) is 42.3 Å². The van der Waals surface area contributed by atoms with Gasteiger partial charge in [0.25, 0.3) is 11.6 Å². The fraction of sp³-hybridized carbons (Fsp3) is 0.0769. The van der Waals surface area contributed by atoms with Crippen molar-refractivity contribution in [3.8, 4) is 11.3 Å². The monoisotopic (exact) mass is 454 g/mol. The SMILES string of the molecule is CCc1ccc2oc(=O)cc(-c3oc4ccccc4c3NC(=O)c3cccc([N+](=O)[O-])c3)c2c1. The fourth-order valence-electron chi connectivity index (χ4n) is 3.92. The normalized spacial score (nSPS) is 11.1. The van der Waals surface area contributed by atoms with Crippen LogP contribution in [-0.4, -0.2) is 10.8 Å². The van der Waals surface area contributed by atoms with Gasteiger partial charge in [0.05, 0.1) is 10.6 Å². The van der Waals surface area contributed by atoms with Crippen molar-refractivity contribution >= 4 is 39.2 Å². The molecule has 0 bridgehead atoms. The number of anilines is 1. The van der Waals surface area contributed by atoms with Crippen LogP contribution in [0.1, 0.15) is 22.8 Å². The van der Waals surface area contributed by atoms with Crippen molar-refractivity contribution in [1.29, 1.82) is 0 Å². The second-order valence-electron chi connectivity index (χ2n) is 7.73. The van der Waals surface area contributed by atoms with Crippen molar-refractivity contribution in [2.45, 2.75) is 13.3 Å². The molecule has 0 fully saturated rings. The summed E-state index contributed by atoms with van der Waals surface area (Å²) in [7, 11) is 0. The zero-order valence-corrected chi connectivity index (χ0v) is 18.0. The second kappa shape index (κ2) is 8.32. The van der Waals surface area contributed by atoms with Crippen molar-refractivity contribution in [3.05, 3.63) is 104 Å². The summed E-state index contributed by atoms with van der Waals surface area (Å²) in [5.41, 5.74) is 2.17. The van der Waals surface area contributed by atoms with Gasteiger partial charge in [-0.1, -0.05) is 31.2 Å². The Morgan fingerprint density at radius 1 is 0.941 bits per heavy atom. The van der Waals surface area contributed by atoms with E-state index in [1.54, 1.807) is 30.3 Å². The molecule has 0 aliphatic heterocycles. The number of hydrogen-bond donors (Lipinski definition) is 1. The Labute approximate surface area is 192 Å². The Balaban J connectivity index is 1.70. The van der Waals surface area contributed by atoms with Crippen LogP contribution in [0.15, 0.2) is 86.4 Å². The molecule has 0 aliphatic carbocycles. The average molecular weight is 454 g/mol. The molecule has 3 aromatic carbocycles. The standard InChI is InChI=1S/C26H18N2O6/c1-2-15-10-11-22-19(12-15)20(14-23(29)33-22)25-24(18-8-3-4-9-21(18)34-25)27-26(30)16-6-5-7-17(13-16)28(31)32/h3-14H,2H2,1H3,(H,27,30). The number of hydrogen-bond acceptors (Lipinski definition) is 6. The average Bonchev–Trinajstić information content (AvgIpc) is 3.21. The van der Waals surface area contributed by atoms with Crippen LogP contribution in [0.3, 0.4) is 0 Å². The Morgan fingerprint density at radius 3 is 2.53 bits per heavy atom. The molecule has 0 atom stereocenters. The lowest BCUT2D eigenvalue weighted by Crippen LogP contribution is -2.12. The number of carbonyl (C=O) groups is 1. The smallest absolute Gasteiger partial charge is 0.336 e. The quantitative estimate of drug-likeness (QED) is 0.200. The molecule has 5 rings (SSSR count). The molecule has 0 spiro atoms. The predicted octanol–water partition coefficient (Wildman–Crippen LogP) is 5.93. The van der Waals surface area contributed by atoms with Crippen LogP contribution in [-0.2, 0) is 6.42 Å². The number of amides is 1. The van der Waals surface area contributed by atoms with E-state index >= 15 is 0 Å². The predicted molar refractivity (Wildman–Crippen MR) is 128 cm³/mol. The van der Waals surface area contributed by atoms with Gasteiger partial charge in [0.15, 0.2) is 5.76 Å². The van der Waals surface area contributed by atoms with Gasteiger partial charge in [-0.2, -0.15) is 0 Å². The highest BCUT2D eigenvalue weighted by molar-refractivity contribution is 6.13. The fourth-order valence-corrected chi connectivity index (χ4v) is 3.92. The highest BCUT2D eigenvalue weighted by Crippen LogP contribution is 2.40.